The molecule has 1 aliphatic rings. The fraction of sp³-hybridized carbons (Fsp3) is 0.105. The van der Waals surface area contributed by atoms with Gasteiger partial charge in [0.25, 0.3) is 0 Å². The summed E-state index contributed by atoms with van der Waals surface area (Å²) in [4.78, 5) is 11.6. The number of carbonyl (C=O) groups excluding carboxylic acids is 1. The molecule has 112 valence electrons. The van der Waals surface area contributed by atoms with Crippen molar-refractivity contribution < 1.29 is 21.9 Å². The monoisotopic (exact) mass is 331 g/mol. The molecule has 0 saturated heterocycles. The summed E-state index contributed by atoms with van der Waals surface area (Å²) < 4.78 is 0. The average molecular weight is 331 g/mol. The average Bonchev–Trinajstić information content (AvgIpc) is 3.22. The van der Waals surface area contributed by atoms with Gasteiger partial charge >= 0.3 is 17.1 Å². The van der Waals surface area contributed by atoms with E-state index in [1.54, 1.807) is 0 Å². The number of carbonyl (C=O) groups is 1. The minimum absolute atomic E-state index is 0. The van der Waals surface area contributed by atoms with Crippen LogP contribution in [-0.2, 0) is 21.9 Å². The third-order valence-electron chi connectivity index (χ3n) is 3.65. The van der Waals surface area contributed by atoms with Crippen LogP contribution in [0.4, 0.5) is 5.69 Å². The van der Waals surface area contributed by atoms with Crippen molar-refractivity contribution >= 4 is 11.6 Å². The van der Waals surface area contributed by atoms with E-state index in [4.69, 9.17) is 0 Å². The van der Waals surface area contributed by atoms with E-state index >= 15 is 0 Å². The van der Waals surface area contributed by atoms with Gasteiger partial charge in [0.05, 0.1) is 0 Å². The van der Waals surface area contributed by atoms with E-state index < -0.39 is 0 Å². The summed E-state index contributed by atoms with van der Waals surface area (Å²) in [6.45, 7) is 0. The minimum Gasteiger partial charge on any atom is -0.326 e. The van der Waals surface area contributed by atoms with Crippen molar-refractivity contribution in [1.82, 2.24) is 0 Å². The van der Waals surface area contributed by atoms with Gasteiger partial charge in [-0.05, 0) is 17.5 Å². The molecule has 0 aliphatic carbocycles. The van der Waals surface area contributed by atoms with Gasteiger partial charge in [-0.25, -0.2) is 24.3 Å². The minimum atomic E-state index is 0. The number of nitrogens with one attached hydrogen (secondary N) is 1. The molecule has 0 fully saturated rings. The first-order chi connectivity index (χ1) is 10.3. The van der Waals surface area contributed by atoms with Gasteiger partial charge in [-0.3, -0.25) is 4.79 Å². The third kappa shape index (κ3) is 3.76. The van der Waals surface area contributed by atoms with Crippen LogP contribution in [0.3, 0.4) is 0 Å². The second-order valence-corrected chi connectivity index (χ2v) is 5.07. The van der Waals surface area contributed by atoms with Crippen molar-refractivity contribution in [2.75, 3.05) is 5.32 Å². The normalized spacial score (nSPS) is 15.6. The molecule has 1 atom stereocenters. The van der Waals surface area contributed by atoms with Gasteiger partial charge in [-0.1, -0.05) is 18.2 Å². The summed E-state index contributed by atoms with van der Waals surface area (Å²) in [5.41, 5.74) is 3.39. The number of hydrogen-bond acceptors (Lipinski definition) is 1. The molecule has 0 aromatic heterocycles. The number of hydrogen-bond donors (Lipinski definition) is 1. The van der Waals surface area contributed by atoms with Crippen molar-refractivity contribution in [2.24, 2.45) is 0 Å². The van der Waals surface area contributed by atoms with Gasteiger partial charge in [0.2, 0.25) is 5.91 Å². The molecule has 1 N–H and O–H groups in total. The zero-order valence-corrected chi connectivity index (χ0v) is 13.2. The van der Waals surface area contributed by atoms with Gasteiger partial charge in [0.15, 0.2) is 0 Å². The second-order valence-electron chi connectivity index (χ2n) is 5.07. The standard InChI is InChI=1S/C14H12NO.C5H5.Fe/c16-14-9-12(10-5-1-2-6-10)11-7-3-4-8-13(11)15-14;1-2-4-5-3-1;/h1-8,12H,9H2,(H,15,16);1-5H;/q2*-1;+2. The van der Waals surface area contributed by atoms with E-state index in [2.05, 4.69) is 23.5 Å². The molecule has 1 aliphatic heterocycles. The van der Waals surface area contributed by atoms with E-state index in [0.717, 1.165) is 5.69 Å². The Labute approximate surface area is 141 Å². The molecule has 0 saturated carbocycles. The number of amides is 1. The Morgan fingerprint density at radius 3 is 2.32 bits per heavy atom. The Balaban J connectivity index is 0.000000253. The smallest absolute Gasteiger partial charge is 0.326 e. The van der Waals surface area contributed by atoms with E-state index in [9.17, 15) is 4.79 Å². The molecule has 4 rings (SSSR count). The van der Waals surface area contributed by atoms with Crippen molar-refractivity contribution in [2.45, 2.75) is 12.3 Å². The Kier molecular flexibility index (Phi) is 5.76. The molecule has 3 aromatic carbocycles. The molecule has 3 aromatic rings. The van der Waals surface area contributed by atoms with Gasteiger partial charge in [0.1, 0.15) is 0 Å². The molecule has 2 nitrogen and oxygen atoms in total. The van der Waals surface area contributed by atoms with Gasteiger partial charge < -0.3 is 5.32 Å². The quantitative estimate of drug-likeness (QED) is 0.523. The van der Waals surface area contributed by atoms with E-state index in [0.29, 0.717) is 6.42 Å². The number of benzene rings is 1. The molecule has 0 radical (unpaired) electrons. The maximum atomic E-state index is 11.6. The fourth-order valence-corrected chi connectivity index (χ4v) is 2.65. The Morgan fingerprint density at radius 2 is 1.68 bits per heavy atom. The van der Waals surface area contributed by atoms with Crippen LogP contribution in [0, 0.1) is 0 Å². The molecular formula is C19H17FeNO. The van der Waals surface area contributed by atoms with Crippen molar-refractivity contribution in [3.63, 3.8) is 0 Å². The fourth-order valence-electron chi connectivity index (χ4n) is 2.65. The largest absolute Gasteiger partial charge is 2.00 e. The maximum Gasteiger partial charge on any atom is 2.00 e. The Hall–Kier alpha value is -2.09. The van der Waals surface area contributed by atoms with Crippen LogP contribution in [0.25, 0.3) is 0 Å². The maximum absolute atomic E-state index is 11.6. The number of anilines is 1. The van der Waals surface area contributed by atoms with Gasteiger partial charge in [0, 0.05) is 12.1 Å². The molecule has 22 heavy (non-hydrogen) atoms. The van der Waals surface area contributed by atoms with Crippen LogP contribution in [-0.4, -0.2) is 5.91 Å². The molecular weight excluding hydrogens is 314 g/mol. The molecule has 1 unspecified atom stereocenters. The van der Waals surface area contributed by atoms with Crippen LogP contribution in [0.15, 0.2) is 78.9 Å². The summed E-state index contributed by atoms with van der Waals surface area (Å²) in [6, 6.07) is 26.2. The summed E-state index contributed by atoms with van der Waals surface area (Å²) in [5, 5.41) is 2.91. The predicted molar refractivity (Wildman–Crippen MR) is 85.6 cm³/mol. The molecule has 1 amide bonds. The topological polar surface area (TPSA) is 29.1 Å². The molecule has 1 heterocycles. The summed E-state index contributed by atoms with van der Waals surface area (Å²) in [5.74, 6) is 0.310. The number of fused-ring (bicyclic) bond motifs is 1. The van der Waals surface area contributed by atoms with Gasteiger partial charge in [-0.2, -0.15) is 30.3 Å². The Bertz CT molecular complexity index is 669. The molecule has 0 bridgehead atoms. The van der Waals surface area contributed by atoms with Crippen LogP contribution in [0.2, 0.25) is 0 Å². The van der Waals surface area contributed by atoms with Crippen LogP contribution in [0.1, 0.15) is 23.5 Å². The van der Waals surface area contributed by atoms with Gasteiger partial charge in [-0.15, -0.1) is 5.56 Å². The zero-order chi connectivity index (χ0) is 14.5. The predicted octanol–water partition coefficient (Wildman–Crippen LogP) is 4.28. The first-order valence-corrected chi connectivity index (χ1v) is 7.11. The second kappa shape index (κ2) is 7.79. The van der Waals surface area contributed by atoms with Crippen LogP contribution >= 0.6 is 0 Å². The number of para-hydroxylation sites is 1. The third-order valence-corrected chi connectivity index (χ3v) is 3.65. The van der Waals surface area contributed by atoms with E-state index in [-0.39, 0.29) is 28.9 Å². The summed E-state index contributed by atoms with van der Waals surface area (Å²) in [7, 11) is 0. The SMILES string of the molecule is O=C1CC([c-]2cccc2)c2ccccc2N1.[Fe+2].c1cc[cH-]c1. The van der Waals surface area contributed by atoms with Crippen LogP contribution < -0.4 is 5.32 Å². The molecule has 0 spiro atoms. The van der Waals surface area contributed by atoms with Crippen molar-refractivity contribution in [3.8, 4) is 0 Å². The first kappa shape index (κ1) is 16.3. The van der Waals surface area contributed by atoms with E-state index in [1.807, 2.05) is 60.7 Å². The van der Waals surface area contributed by atoms with Crippen molar-refractivity contribution in [1.29, 1.82) is 0 Å². The van der Waals surface area contributed by atoms with Crippen LogP contribution in [0.5, 0.6) is 0 Å². The van der Waals surface area contributed by atoms with E-state index in [1.165, 1.54) is 11.1 Å². The Morgan fingerprint density at radius 1 is 1.00 bits per heavy atom. The zero-order valence-electron chi connectivity index (χ0n) is 12.1. The number of rotatable bonds is 1. The molecule has 3 heteroatoms. The van der Waals surface area contributed by atoms with Crippen molar-refractivity contribution in [3.05, 3.63) is 90.0 Å². The first-order valence-electron chi connectivity index (χ1n) is 7.11. The summed E-state index contributed by atoms with van der Waals surface area (Å²) >= 11 is 0. The summed E-state index contributed by atoms with van der Waals surface area (Å²) in [6.07, 6.45) is 0.543.